The smallest absolute Gasteiger partial charge is 0.318 e. The van der Waals surface area contributed by atoms with Crippen LogP contribution in [0.3, 0.4) is 0 Å². The van der Waals surface area contributed by atoms with E-state index in [1.807, 2.05) is 24.3 Å². The van der Waals surface area contributed by atoms with Gasteiger partial charge in [0.2, 0.25) is 5.91 Å². The molecule has 0 aromatic heterocycles. The molecule has 8 heteroatoms. The van der Waals surface area contributed by atoms with Crippen molar-refractivity contribution < 1.29 is 23.5 Å². The molecule has 0 bridgehead atoms. The number of hydrogen-bond donors (Lipinski definition) is 2. The molecule has 0 aliphatic carbocycles. The molecular formula is C21H22FN3O4. The second kappa shape index (κ2) is 8.38. The van der Waals surface area contributed by atoms with Crippen molar-refractivity contribution >= 4 is 11.9 Å². The van der Waals surface area contributed by atoms with Gasteiger partial charge in [-0.05, 0) is 12.1 Å². The highest BCUT2D eigenvalue weighted by molar-refractivity contribution is 5.84. The van der Waals surface area contributed by atoms with Gasteiger partial charge in [-0.3, -0.25) is 4.79 Å². The van der Waals surface area contributed by atoms with Gasteiger partial charge >= 0.3 is 6.03 Å². The van der Waals surface area contributed by atoms with Crippen molar-refractivity contribution in [1.82, 2.24) is 15.5 Å². The van der Waals surface area contributed by atoms with Gasteiger partial charge in [0.25, 0.3) is 0 Å². The molecule has 152 valence electrons. The molecule has 3 amide bonds. The number of nitrogens with one attached hydrogen (secondary N) is 2. The predicted molar refractivity (Wildman–Crippen MR) is 103 cm³/mol. The van der Waals surface area contributed by atoms with Crippen molar-refractivity contribution in [2.24, 2.45) is 0 Å². The third kappa shape index (κ3) is 4.42. The standard InChI is InChI=1S/C21H22FN3O4/c22-15-6-5-14-13-25(8-10-29-19(14)11-15)21(27)23-12-20(26)24-17-7-9-28-18-4-2-1-3-16(17)18/h1-6,11,17H,7-10,12-13H2,(H,23,27)(H,24,26). The number of carbonyl (C=O) groups excluding carboxylic acids is 2. The van der Waals surface area contributed by atoms with Crippen LogP contribution >= 0.6 is 0 Å². The van der Waals surface area contributed by atoms with Crippen molar-refractivity contribution in [3.8, 4) is 11.5 Å². The summed E-state index contributed by atoms with van der Waals surface area (Å²) in [6.07, 6.45) is 0.674. The van der Waals surface area contributed by atoms with Crippen LogP contribution < -0.4 is 20.1 Å². The Balaban J connectivity index is 1.32. The number of nitrogens with zero attached hydrogens (tertiary/aromatic N) is 1. The lowest BCUT2D eigenvalue weighted by molar-refractivity contribution is -0.121. The monoisotopic (exact) mass is 399 g/mol. The maximum absolute atomic E-state index is 13.4. The molecule has 2 heterocycles. The highest BCUT2D eigenvalue weighted by Gasteiger charge is 2.24. The highest BCUT2D eigenvalue weighted by Crippen LogP contribution is 2.31. The number of carbonyl (C=O) groups is 2. The Hall–Kier alpha value is -3.29. The van der Waals surface area contributed by atoms with Crippen molar-refractivity contribution in [3.63, 3.8) is 0 Å². The Labute approximate surface area is 167 Å². The zero-order chi connectivity index (χ0) is 20.2. The quantitative estimate of drug-likeness (QED) is 0.831. The van der Waals surface area contributed by atoms with Crippen molar-refractivity contribution in [2.45, 2.75) is 19.0 Å². The highest BCUT2D eigenvalue weighted by atomic mass is 19.1. The van der Waals surface area contributed by atoms with Gasteiger partial charge < -0.3 is 25.0 Å². The van der Waals surface area contributed by atoms with Gasteiger partial charge in [0.1, 0.15) is 23.9 Å². The van der Waals surface area contributed by atoms with Crippen molar-refractivity contribution in [2.75, 3.05) is 26.3 Å². The molecule has 0 saturated carbocycles. The summed E-state index contributed by atoms with van der Waals surface area (Å²) in [6.45, 7) is 1.29. The van der Waals surface area contributed by atoms with E-state index in [4.69, 9.17) is 9.47 Å². The number of ether oxygens (including phenoxy) is 2. The molecule has 0 radical (unpaired) electrons. The van der Waals surface area contributed by atoms with Gasteiger partial charge in [-0.1, -0.05) is 24.3 Å². The van der Waals surface area contributed by atoms with Crippen LogP contribution in [0.25, 0.3) is 0 Å². The van der Waals surface area contributed by atoms with Gasteiger partial charge in [0.05, 0.1) is 32.3 Å². The summed E-state index contributed by atoms with van der Waals surface area (Å²) >= 11 is 0. The number of amides is 3. The number of para-hydroxylation sites is 1. The second-order valence-electron chi connectivity index (χ2n) is 6.98. The second-order valence-corrected chi connectivity index (χ2v) is 6.98. The molecule has 0 fully saturated rings. The average molecular weight is 399 g/mol. The van der Waals surface area contributed by atoms with Crippen molar-refractivity contribution in [3.05, 3.63) is 59.4 Å². The zero-order valence-electron chi connectivity index (χ0n) is 15.8. The first-order valence-electron chi connectivity index (χ1n) is 9.55. The number of fused-ring (bicyclic) bond motifs is 2. The zero-order valence-corrected chi connectivity index (χ0v) is 15.8. The average Bonchev–Trinajstić information content (AvgIpc) is 2.94. The van der Waals surface area contributed by atoms with Crippen LogP contribution in [0.5, 0.6) is 11.5 Å². The fourth-order valence-corrected chi connectivity index (χ4v) is 3.52. The van der Waals surface area contributed by atoms with E-state index < -0.39 is 0 Å². The fourth-order valence-electron chi connectivity index (χ4n) is 3.52. The molecule has 2 aliphatic heterocycles. The van der Waals surface area contributed by atoms with Crippen molar-refractivity contribution in [1.29, 1.82) is 0 Å². The summed E-state index contributed by atoms with van der Waals surface area (Å²) in [5.74, 6) is 0.561. The molecule has 1 atom stereocenters. The number of urea groups is 1. The Morgan fingerprint density at radius 2 is 1.93 bits per heavy atom. The van der Waals surface area contributed by atoms with E-state index in [9.17, 15) is 14.0 Å². The summed E-state index contributed by atoms with van der Waals surface area (Å²) in [4.78, 5) is 26.4. The first-order chi connectivity index (χ1) is 14.1. The number of rotatable bonds is 3. The number of hydrogen-bond acceptors (Lipinski definition) is 4. The van der Waals surface area contributed by atoms with Crippen LogP contribution in [-0.2, 0) is 11.3 Å². The molecule has 0 saturated heterocycles. The van der Waals surface area contributed by atoms with Crippen LogP contribution in [0.15, 0.2) is 42.5 Å². The predicted octanol–water partition coefficient (Wildman–Crippen LogP) is 2.37. The van der Waals surface area contributed by atoms with E-state index in [0.717, 1.165) is 16.9 Å². The first kappa shape index (κ1) is 19.0. The molecule has 29 heavy (non-hydrogen) atoms. The van der Waals surface area contributed by atoms with Gasteiger partial charge in [-0.15, -0.1) is 0 Å². The number of benzene rings is 2. The maximum atomic E-state index is 13.4. The summed E-state index contributed by atoms with van der Waals surface area (Å²) in [5, 5.41) is 5.60. The summed E-state index contributed by atoms with van der Waals surface area (Å²) in [6, 6.07) is 11.3. The maximum Gasteiger partial charge on any atom is 0.318 e. The number of halogens is 1. The Morgan fingerprint density at radius 3 is 2.83 bits per heavy atom. The van der Waals surface area contributed by atoms with E-state index in [0.29, 0.717) is 25.3 Å². The molecule has 4 rings (SSSR count). The molecule has 1 unspecified atom stereocenters. The Bertz CT molecular complexity index is 921. The summed E-state index contributed by atoms with van der Waals surface area (Å²) in [7, 11) is 0. The van der Waals surface area contributed by atoms with E-state index in [2.05, 4.69) is 10.6 Å². The lowest BCUT2D eigenvalue weighted by Crippen LogP contribution is -2.45. The van der Waals surface area contributed by atoms with Gasteiger partial charge in [-0.25, -0.2) is 9.18 Å². The molecule has 7 nitrogen and oxygen atoms in total. The third-order valence-corrected chi connectivity index (χ3v) is 4.99. The van der Waals surface area contributed by atoms with Crippen LogP contribution in [-0.4, -0.2) is 43.1 Å². The van der Waals surface area contributed by atoms with Crippen LogP contribution in [0.2, 0.25) is 0 Å². The molecule has 2 N–H and O–H groups in total. The fraction of sp³-hybridized carbons (Fsp3) is 0.333. The minimum atomic E-state index is -0.381. The summed E-state index contributed by atoms with van der Waals surface area (Å²) in [5.41, 5.74) is 1.66. The van der Waals surface area contributed by atoms with Gasteiger partial charge in [0.15, 0.2) is 0 Å². The largest absolute Gasteiger partial charge is 0.493 e. The molecule has 2 aliphatic rings. The molecule has 2 aromatic carbocycles. The normalized spacial score (nSPS) is 17.7. The molecule has 0 spiro atoms. The summed E-state index contributed by atoms with van der Waals surface area (Å²) < 4.78 is 24.5. The SMILES string of the molecule is O=C(CNC(=O)N1CCOc2cc(F)ccc2C1)NC1CCOc2ccccc21. The van der Waals surface area contributed by atoms with Crippen LogP contribution in [0.4, 0.5) is 9.18 Å². The van der Waals surface area contributed by atoms with Crippen LogP contribution in [0, 0.1) is 5.82 Å². The molecular weight excluding hydrogens is 377 g/mol. The van der Waals surface area contributed by atoms with E-state index in [1.54, 1.807) is 11.0 Å². The van der Waals surface area contributed by atoms with E-state index in [-0.39, 0.29) is 43.5 Å². The van der Waals surface area contributed by atoms with Gasteiger partial charge in [0, 0.05) is 23.6 Å². The first-order valence-corrected chi connectivity index (χ1v) is 9.55. The Kier molecular flexibility index (Phi) is 5.50. The van der Waals surface area contributed by atoms with Gasteiger partial charge in [-0.2, -0.15) is 0 Å². The van der Waals surface area contributed by atoms with E-state index >= 15 is 0 Å². The minimum absolute atomic E-state index is 0.133. The minimum Gasteiger partial charge on any atom is -0.493 e. The third-order valence-electron chi connectivity index (χ3n) is 4.99. The van der Waals surface area contributed by atoms with E-state index in [1.165, 1.54) is 12.1 Å². The topological polar surface area (TPSA) is 79.9 Å². The lowest BCUT2D eigenvalue weighted by Gasteiger charge is -2.27. The lowest BCUT2D eigenvalue weighted by atomic mass is 10.0. The Morgan fingerprint density at radius 1 is 1.10 bits per heavy atom. The molecule has 2 aromatic rings. The van der Waals surface area contributed by atoms with Crippen LogP contribution in [0.1, 0.15) is 23.6 Å².